The molecule has 19 heavy (non-hydrogen) atoms. The van der Waals surface area contributed by atoms with Crippen LogP contribution in [0.2, 0.25) is 0 Å². The molecule has 2 rings (SSSR count). The molecule has 0 nitrogen and oxygen atoms in total. The summed E-state index contributed by atoms with van der Waals surface area (Å²) in [5.41, 5.74) is 0. The van der Waals surface area contributed by atoms with E-state index in [1.54, 1.807) is 0 Å². The van der Waals surface area contributed by atoms with Crippen LogP contribution in [0.25, 0.3) is 0 Å². The Labute approximate surface area is 138 Å². The summed E-state index contributed by atoms with van der Waals surface area (Å²) >= 11 is 9.53. The van der Waals surface area contributed by atoms with E-state index in [9.17, 15) is 0 Å². The van der Waals surface area contributed by atoms with E-state index in [4.69, 9.17) is 0 Å². The van der Waals surface area contributed by atoms with E-state index in [0.717, 1.165) is 11.8 Å². The fourth-order valence-electron chi connectivity index (χ4n) is 3.11. The lowest BCUT2D eigenvalue weighted by atomic mass is 9.78. The molecule has 0 aromatic carbocycles. The molecular weight excluding hydrogens is 384 g/mol. The molecule has 1 aromatic rings. The molecule has 3 heteroatoms. The van der Waals surface area contributed by atoms with Crippen LogP contribution in [0.4, 0.5) is 0 Å². The Morgan fingerprint density at radius 2 is 2.00 bits per heavy atom. The lowest BCUT2D eigenvalue weighted by Crippen LogP contribution is -2.17. The van der Waals surface area contributed by atoms with E-state index in [1.165, 1.54) is 59.2 Å². The van der Waals surface area contributed by atoms with Crippen LogP contribution in [0, 0.1) is 18.8 Å². The first kappa shape index (κ1) is 16.0. The lowest BCUT2D eigenvalue weighted by Gasteiger charge is -2.31. The molecular formula is C16H24Br2S. The van der Waals surface area contributed by atoms with E-state index in [1.807, 2.05) is 11.3 Å². The Hall–Kier alpha value is 0.660. The molecule has 0 bridgehead atoms. The number of halogens is 2. The molecule has 1 aliphatic carbocycles. The van der Waals surface area contributed by atoms with Gasteiger partial charge >= 0.3 is 0 Å². The van der Waals surface area contributed by atoms with E-state index < -0.39 is 0 Å². The Morgan fingerprint density at radius 3 is 2.53 bits per heavy atom. The summed E-state index contributed by atoms with van der Waals surface area (Å²) in [5, 5.41) is 0. The molecule has 0 saturated heterocycles. The van der Waals surface area contributed by atoms with Crippen LogP contribution < -0.4 is 0 Å². The van der Waals surface area contributed by atoms with Gasteiger partial charge in [0.15, 0.2) is 0 Å². The van der Waals surface area contributed by atoms with E-state index >= 15 is 0 Å². The fourth-order valence-corrected chi connectivity index (χ4v) is 5.69. The zero-order chi connectivity index (χ0) is 13.8. The van der Waals surface area contributed by atoms with Crippen LogP contribution >= 0.6 is 43.2 Å². The van der Waals surface area contributed by atoms with Gasteiger partial charge in [-0.2, -0.15) is 0 Å². The van der Waals surface area contributed by atoms with E-state index in [-0.39, 0.29) is 0 Å². The van der Waals surface area contributed by atoms with Gasteiger partial charge in [0.25, 0.3) is 0 Å². The monoisotopic (exact) mass is 406 g/mol. The lowest BCUT2D eigenvalue weighted by molar-refractivity contribution is 0.258. The second-order valence-electron chi connectivity index (χ2n) is 5.88. The van der Waals surface area contributed by atoms with Crippen molar-refractivity contribution < 1.29 is 0 Å². The zero-order valence-electron chi connectivity index (χ0n) is 11.9. The molecule has 1 aliphatic rings. The number of thiophene rings is 1. The number of aryl methyl sites for hydroxylation is 1. The summed E-state index contributed by atoms with van der Waals surface area (Å²) in [6.45, 7) is 4.50. The molecule has 1 heterocycles. The maximum atomic E-state index is 3.96. The van der Waals surface area contributed by atoms with Crippen molar-refractivity contribution >= 4 is 43.2 Å². The molecule has 108 valence electrons. The molecule has 0 N–H and O–H groups in total. The standard InChI is InChI=1S/C16H24Br2S/c1-3-4-5-12-6-8-13(9-7-12)16(18)15-10-14(17)11(2)19-15/h10,12-13,16H,3-9H2,1-2H3. The summed E-state index contributed by atoms with van der Waals surface area (Å²) in [7, 11) is 0. The van der Waals surface area contributed by atoms with Crippen molar-refractivity contribution in [3.63, 3.8) is 0 Å². The van der Waals surface area contributed by atoms with Gasteiger partial charge in [-0.15, -0.1) is 11.3 Å². The largest absolute Gasteiger partial charge is 0.143 e. The first-order chi connectivity index (χ1) is 9.11. The van der Waals surface area contributed by atoms with E-state index in [2.05, 4.69) is 51.8 Å². The highest BCUT2D eigenvalue weighted by molar-refractivity contribution is 9.10. The number of rotatable bonds is 5. The molecule has 1 saturated carbocycles. The van der Waals surface area contributed by atoms with Crippen molar-refractivity contribution in [1.29, 1.82) is 0 Å². The van der Waals surface area contributed by atoms with Crippen molar-refractivity contribution in [2.24, 2.45) is 11.8 Å². The average molecular weight is 408 g/mol. The SMILES string of the molecule is CCCCC1CCC(C(Br)c2cc(Br)c(C)s2)CC1. The number of hydrogen-bond donors (Lipinski definition) is 0. The Balaban J connectivity index is 1.87. The van der Waals surface area contributed by atoms with Gasteiger partial charge in [-0.1, -0.05) is 55.0 Å². The smallest absolute Gasteiger partial charge is 0.0517 e. The van der Waals surface area contributed by atoms with Gasteiger partial charge in [-0.05, 0) is 53.6 Å². The highest BCUT2D eigenvalue weighted by Crippen LogP contribution is 2.45. The van der Waals surface area contributed by atoms with Crippen molar-refractivity contribution in [2.45, 2.75) is 63.6 Å². The molecule has 1 fully saturated rings. The quantitative estimate of drug-likeness (QED) is 0.450. The third-order valence-corrected chi connectivity index (χ3v) is 8.18. The number of unbranched alkanes of at least 4 members (excludes halogenated alkanes) is 1. The van der Waals surface area contributed by atoms with Gasteiger partial charge in [0.1, 0.15) is 0 Å². The van der Waals surface area contributed by atoms with Gasteiger partial charge in [0.05, 0.1) is 4.83 Å². The third kappa shape index (κ3) is 4.31. The van der Waals surface area contributed by atoms with Gasteiger partial charge in [0, 0.05) is 14.2 Å². The zero-order valence-corrected chi connectivity index (χ0v) is 15.9. The molecule has 0 aliphatic heterocycles. The van der Waals surface area contributed by atoms with Crippen LogP contribution in [-0.4, -0.2) is 0 Å². The Bertz CT molecular complexity index is 372. The van der Waals surface area contributed by atoms with Crippen molar-refractivity contribution in [2.75, 3.05) is 0 Å². The topological polar surface area (TPSA) is 0 Å². The van der Waals surface area contributed by atoms with Crippen molar-refractivity contribution in [1.82, 2.24) is 0 Å². The summed E-state index contributed by atoms with van der Waals surface area (Å²) in [4.78, 5) is 3.46. The predicted molar refractivity (Wildman–Crippen MR) is 93.4 cm³/mol. The Morgan fingerprint density at radius 1 is 1.32 bits per heavy atom. The predicted octanol–water partition coefficient (Wildman–Crippen LogP) is 7.25. The first-order valence-electron chi connectivity index (χ1n) is 7.51. The minimum Gasteiger partial charge on any atom is -0.143 e. The molecule has 0 spiro atoms. The van der Waals surface area contributed by atoms with Gasteiger partial charge in [-0.25, -0.2) is 0 Å². The summed E-state index contributed by atoms with van der Waals surface area (Å²) in [5.74, 6) is 1.84. The van der Waals surface area contributed by atoms with Crippen molar-refractivity contribution in [3.8, 4) is 0 Å². The molecule has 1 unspecified atom stereocenters. The molecule has 0 radical (unpaired) electrons. The minimum atomic E-state index is 0.564. The van der Waals surface area contributed by atoms with Gasteiger partial charge in [0.2, 0.25) is 0 Å². The minimum absolute atomic E-state index is 0.564. The number of hydrogen-bond acceptors (Lipinski definition) is 1. The van der Waals surface area contributed by atoms with Crippen LogP contribution in [0.5, 0.6) is 0 Å². The maximum absolute atomic E-state index is 3.96. The highest BCUT2D eigenvalue weighted by atomic mass is 79.9. The second-order valence-corrected chi connectivity index (χ2v) is 9.01. The molecule has 0 amide bonds. The third-order valence-electron chi connectivity index (χ3n) is 4.42. The van der Waals surface area contributed by atoms with Gasteiger partial charge in [-0.3, -0.25) is 0 Å². The highest BCUT2D eigenvalue weighted by Gasteiger charge is 2.27. The van der Waals surface area contributed by atoms with Crippen LogP contribution in [-0.2, 0) is 0 Å². The number of alkyl halides is 1. The van der Waals surface area contributed by atoms with Crippen LogP contribution in [0.15, 0.2) is 10.5 Å². The van der Waals surface area contributed by atoms with Crippen LogP contribution in [0.1, 0.15) is 66.5 Å². The summed E-state index contributed by atoms with van der Waals surface area (Å²) < 4.78 is 1.27. The second kappa shape index (κ2) is 7.61. The average Bonchev–Trinajstić information content (AvgIpc) is 2.76. The summed E-state index contributed by atoms with van der Waals surface area (Å²) in [6, 6.07) is 2.31. The Kier molecular flexibility index (Phi) is 6.42. The normalized spacial score (nSPS) is 25.5. The molecule has 1 atom stereocenters. The van der Waals surface area contributed by atoms with Crippen molar-refractivity contribution in [3.05, 3.63) is 20.3 Å². The molecule has 1 aromatic heterocycles. The van der Waals surface area contributed by atoms with Gasteiger partial charge < -0.3 is 0 Å². The summed E-state index contributed by atoms with van der Waals surface area (Å²) in [6.07, 6.45) is 9.92. The van der Waals surface area contributed by atoms with Crippen LogP contribution in [0.3, 0.4) is 0 Å². The fraction of sp³-hybridized carbons (Fsp3) is 0.750. The maximum Gasteiger partial charge on any atom is 0.0517 e. The first-order valence-corrected chi connectivity index (χ1v) is 10.0. The van der Waals surface area contributed by atoms with E-state index in [0.29, 0.717) is 4.83 Å².